The average Bonchev–Trinajstić information content (AvgIpc) is 3.21. The molecule has 0 bridgehead atoms. The topological polar surface area (TPSA) is 83.5 Å². The maximum absolute atomic E-state index is 11.8. The van der Waals surface area contributed by atoms with Crippen molar-refractivity contribution in [2.24, 2.45) is 46.3 Å². The summed E-state index contributed by atoms with van der Waals surface area (Å²) in [7, 11) is 4.81. The number of hydrogen-bond acceptors (Lipinski definition) is 7. The van der Waals surface area contributed by atoms with Crippen LogP contribution in [0.15, 0.2) is 0 Å². The van der Waals surface area contributed by atoms with Crippen LogP contribution in [0.3, 0.4) is 0 Å². The zero-order valence-corrected chi connectivity index (χ0v) is 23.4. The molecule has 4 saturated carbocycles. The third-order valence-corrected chi connectivity index (χ3v) is 11.2. The number of methoxy groups -OCH3 is 3. The van der Waals surface area contributed by atoms with E-state index in [-0.39, 0.29) is 35.8 Å². The molecule has 208 valence electrons. The molecule has 0 radical (unpaired) electrons. The van der Waals surface area contributed by atoms with E-state index in [1.807, 2.05) is 0 Å². The van der Waals surface area contributed by atoms with Gasteiger partial charge in [-0.3, -0.25) is 4.79 Å². The Morgan fingerprint density at radius 3 is 2.25 bits per heavy atom. The molecule has 11 atom stereocenters. The second-order valence-corrected chi connectivity index (χ2v) is 12.8. The molecule has 4 rings (SSSR count). The van der Waals surface area contributed by atoms with E-state index in [1.54, 1.807) is 14.2 Å². The van der Waals surface area contributed by atoms with E-state index >= 15 is 0 Å². The quantitative estimate of drug-likeness (QED) is 0.334. The van der Waals surface area contributed by atoms with Gasteiger partial charge in [0, 0.05) is 20.6 Å². The lowest BCUT2D eigenvalue weighted by Gasteiger charge is -2.63. The molecule has 0 spiro atoms. The van der Waals surface area contributed by atoms with Crippen molar-refractivity contribution in [3.8, 4) is 0 Å². The number of carbonyl (C=O) groups is 1. The highest BCUT2D eigenvalue weighted by Gasteiger charge is 2.64. The van der Waals surface area contributed by atoms with Crippen LogP contribution in [0.25, 0.3) is 0 Å². The first-order chi connectivity index (χ1) is 17.2. The second kappa shape index (κ2) is 11.6. The van der Waals surface area contributed by atoms with E-state index in [9.17, 15) is 9.90 Å². The molecule has 0 aromatic carbocycles. The van der Waals surface area contributed by atoms with Gasteiger partial charge in [-0.15, -0.1) is 0 Å². The van der Waals surface area contributed by atoms with Gasteiger partial charge in [0.15, 0.2) is 0 Å². The van der Waals surface area contributed by atoms with Gasteiger partial charge in [-0.1, -0.05) is 20.8 Å². The average molecular weight is 511 g/mol. The zero-order chi connectivity index (χ0) is 26.1. The standard InChI is InChI=1S/C29H50O7/c1-18(7-10-26(31)34-6)20-8-9-21-27-22(11-12-28(20,21)2)29(3)15-23(30)24(35-16-32-4)13-19(29)14-25(27)36-17-33-5/h18-25,27,30H,7-17H2,1-6H3/t18-,19+,20-,21+,22+,23-,24-,25+,27+,28-,29+/m1/s1. The highest BCUT2D eigenvalue weighted by Crippen LogP contribution is 2.68. The largest absolute Gasteiger partial charge is 0.469 e. The van der Waals surface area contributed by atoms with Gasteiger partial charge in [-0.2, -0.15) is 0 Å². The SMILES string of the molecule is COCO[C@H]1C[C@@H]2C[C@@H](OCOC)[C@H](O)C[C@]2(C)[C@H]2CC[C@]3(C)[C@@H]([C@H](C)CCC(=O)OC)CC[C@H]3[C@H]12. The molecular formula is C29H50O7. The monoisotopic (exact) mass is 510 g/mol. The molecule has 0 unspecified atom stereocenters. The molecule has 0 aromatic rings. The smallest absolute Gasteiger partial charge is 0.305 e. The molecule has 36 heavy (non-hydrogen) atoms. The van der Waals surface area contributed by atoms with Crippen molar-refractivity contribution in [1.29, 1.82) is 0 Å². The molecular weight excluding hydrogens is 460 g/mol. The minimum Gasteiger partial charge on any atom is -0.469 e. The van der Waals surface area contributed by atoms with Crippen molar-refractivity contribution in [2.75, 3.05) is 34.9 Å². The summed E-state index contributed by atoms with van der Waals surface area (Å²) in [6.45, 7) is 7.84. The molecule has 4 aliphatic carbocycles. The first kappa shape index (κ1) is 28.3. The Morgan fingerprint density at radius 2 is 1.58 bits per heavy atom. The minimum absolute atomic E-state index is 0.0832. The lowest BCUT2D eigenvalue weighted by Crippen LogP contribution is -2.61. The number of aliphatic hydroxyl groups excluding tert-OH is 1. The Bertz CT molecular complexity index is 745. The minimum atomic E-state index is -0.457. The van der Waals surface area contributed by atoms with E-state index in [0.29, 0.717) is 48.7 Å². The van der Waals surface area contributed by atoms with Crippen LogP contribution in [-0.4, -0.2) is 64.3 Å². The molecule has 0 saturated heterocycles. The zero-order valence-electron chi connectivity index (χ0n) is 23.4. The summed E-state index contributed by atoms with van der Waals surface area (Å²) in [6, 6.07) is 0. The Kier molecular flexibility index (Phi) is 9.09. The fourth-order valence-corrected chi connectivity index (χ4v) is 9.49. The predicted molar refractivity (Wildman–Crippen MR) is 136 cm³/mol. The van der Waals surface area contributed by atoms with Crippen LogP contribution in [0, 0.1) is 46.3 Å². The van der Waals surface area contributed by atoms with E-state index in [1.165, 1.54) is 32.8 Å². The highest BCUT2D eigenvalue weighted by atomic mass is 16.7. The van der Waals surface area contributed by atoms with Gasteiger partial charge >= 0.3 is 5.97 Å². The van der Waals surface area contributed by atoms with Gasteiger partial charge in [0.1, 0.15) is 13.6 Å². The first-order valence-electron chi connectivity index (χ1n) is 14.2. The molecule has 0 heterocycles. The van der Waals surface area contributed by atoms with Crippen LogP contribution in [0.2, 0.25) is 0 Å². The van der Waals surface area contributed by atoms with Gasteiger partial charge in [0.05, 0.1) is 25.4 Å². The summed E-state index contributed by atoms with van der Waals surface area (Å²) in [5.74, 6) is 3.06. The first-order valence-corrected chi connectivity index (χ1v) is 14.2. The molecule has 7 heteroatoms. The fraction of sp³-hybridized carbons (Fsp3) is 0.966. The van der Waals surface area contributed by atoms with Crippen LogP contribution < -0.4 is 0 Å². The number of ether oxygens (including phenoxy) is 5. The summed E-state index contributed by atoms with van der Waals surface area (Å²) in [5, 5.41) is 11.1. The van der Waals surface area contributed by atoms with Crippen LogP contribution in [-0.2, 0) is 28.5 Å². The number of fused-ring (bicyclic) bond motifs is 5. The Morgan fingerprint density at radius 1 is 0.944 bits per heavy atom. The normalized spacial score (nSPS) is 44.9. The number of esters is 1. The number of carbonyl (C=O) groups excluding carboxylic acids is 1. The van der Waals surface area contributed by atoms with E-state index in [2.05, 4.69) is 20.8 Å². The fourth-order valence-electron chi connectivity index (χ4n) is 9.49. The summed E-state index contributed by atoms with van der Waals surface area (Å²) < 4.78 is 27.8. The highest BCUT2D eigenvalue weighted by molar-refractivity contribution is 5.69. The lowest BCUT2D eigenvalue weighted by atomic mass is 9.43. The van der Waals surface area contributed by atoms with Crippen molar-refractivity contribution < 1.29 is 33.6 Å². The van der Waals surface area contributed by atoms with Gasteiger partial charge in [-0.05, 0) is 97.7 Å². The van der Waals surface area contributed by atoms with Gasteiger partial charge < -0.3 is 28.8 Å². The van der Waals surface area contributed by atoms with Gasteiger partial charge in [0.2, 0.25) is 0 Å². The van der Waals surface area contributed by atoms with Crippen LogP contribution in [0.5, 0.6) is 0 Å². The third-order valence-electron chi connectivity index (χ3n) is 11.2. The summed E-state index contributed by atoms with van der Waals surface area (Å²) in [6.07, 6.45) is 8.40. The maximum Gasteiger partial charge on any atom is 0.305 e. The van der Waals surface area contributed by atoms with Gasteiger partial charge in [0.25, 0.3) is 0 Å². The van der Waals surface area contributed by atoms with Crippen LogP contribution in [0.4, 0.5) is 0 Å². The molecule has 4 fully saturated rings. The van der Waals surface area contributed by atoms with E-state index < -0.39 is 6.10 Å². The van der Waals surface area contributed by atoms with Gasteiger partial charge in [-0.25, -0.2) is 0 Å². The number of hydrogen-bond donors (Lipinski definition) is 1. The lowest BCUT2D eigenvalue weighted by molar-refractivity contribution is -0.230. The summed E-state index contributed by atoms with van der Waals surface area (Å²) in [5.41, 5.74) is 0.339. The Balaban J connectivity index is 1.56. The number of rotatable bonds is 10. The molecule has 0 amide bonds. The summed E-state index contributed by atoms with van der Waals surface area (Å²) in [4.78, 5) is 11.8. The molecule has 0 aliphatic heterocycles. The third kappa shape index (κ3) is 5.12. The summed E-state index contributed by atoms with van der Waals surface area (Å²) >= 11 is 0. The molecule has 1 N–H and O–H groups in total. The van der Waals surface area contributed by atoms with E-state index in [4.69, 9.17) is 23.7 Å². The van der Waals surface area contributed by atoms with Crippen molar-refractivity contribution in [1.82, 2.24) is 0 Å². The molecule has 0 aromatic heterocycles. The Hall–Kier alpha value is -0.730. The Labute approximate surface area is 217 Å². The molecule has 7 nitrogen and oxygen atoms in total. The van der Waals surface area contributed by atoms with Crippen molar-refractivity contribution in [3.05, 3.63) is 0 Å². The van der Waals surface area contributed by atoms with Crippen molar-refractivity contribution in [2.45, 2.75) is 96.9 Å². The number of aliphatic hydroxyl groups is 1. The van der Waals surface area contributed by atoms with Crippen LogP contribution in [0.1, 0.15) is 78.6 Å². The maximum atomic E-state index is 11.8. The van der Waals surface area contributed by atoms with Crippen LogP contribution >= 0.6 is 0 Å². The molecule has 4 aliphatic rings. The van der Waals surface area contributed by atoms with E-state index in [0.717, 1.165) is 25.7 Å². The van der Waals surface area contributed by atoms with Crippen molar-refractivity contribution in [3.63, 3.8) is 0 Å². The predicted octanol–water partition coefficient (Wildman–Crippen LogP) is 4.79. The van der Waals surface area contributed by atoms with Crippen molar-refractivity contribution >= 4 is 5.97 Å². The second-order valence-electron chi connectivity index (χ2n) is 12.8.